The molecule has 0 aliphatic rings. The number of aromatic nitrogens is 2. The van der Waals surface area contributed by atoms with Gasteiger partial charge in [0.05, 0.1) is 6.20 Å². The summed E-state index contributed by atoms with van der Waals surface area (Å²) >= 11 is 4.81. The summed E-state index contributed by atoms with van der Waals surface area (Å²) in [7, 11) is 1.60. The molecule has 0 bridgehead atoms. The molecule has 1 N–H and O–H groups in total. The van der Waals surface area contributed by atoms with Crippen LogP contribution in [0.15, 0.2) is 22.9 Å². The maximum absolute atomic E-state index is 11.4. The fraction of sp³-hybridized carbons (Fsp3) is 0.182. The van der Waals surface area contributed by atoms with Crippen molar-refractivity contribution in [1.82, 2.24) is 15.3 Å². The van der Waals surface area contributed by atoms with E-state index in [0.29, 0.717) is 4.88 Å². The number of nitrogens with zero attached hydrogens (tertiary/aromatic N) is 2. The van der Waals surface area contributed by atoms with Crippen molar-refractivity contribution in [3.63, 3.8) is 0 Å². The second-order valence-electron chi connectivity index (χ2n) is 3.40. The molecule has 0 aromatic carbocycles. The van der Waals surface area contributed by atoms with Crippen LogP contribution in [0.1, 0.15) is 15.2 Å². The van der Waals surface area contributed by atoms with Crippen molar-refractivity contribution >= 4 is 33.2 Å². The van der Waals surface area contributed by atoms with Gasteiger partial charge in [-0.1, -0.05) is 0 Å². The zero-order chi connectivity index (χ0) is 12.4. The standard InChI is InChI=1S/C11H10BrN3OS/c1-6-3-4-14-9(8(6)12)11-15-5-7(17-11)10(16)13-2/h3-5H,1-2H3,(H,13,16). The molecule has 0 aliphatic carbocycles. The van der Waals surface area contributed by atoms with E-state index in [9.17, 15) is 4.79 Å². The van der Waals surface area contributed by atoms with Gasteiger partial charge in [0.15, 0.2) is 0 Å². The number of nitrogens with one attached hydrogen (secondary N) is 1. The van der Waals surface area contributed by atoms with Crippen LogP contribution in [0.4, 0.5) is 0 Å². The van der Waals surface area contributed by atoms with Gasteiger partial charge in [0.2, 0.25) is 0 Å². The Bertz CT molecular complexity index is 568. The van der Waals surface area contributed by atoms with E-state index in [1.807, 2.05) is 13.0 Å². The maximum Gasteiger partial charge on any atom is 0.262 e. The topological polar surface area (TPSA) is 54.9 Å². The summed E-state index contributed by atoms with van der Waals surface area (Å²) in [6.07, 6.45) is 3.30. The van der Waals surface area contributed by atoms with Gasteiger partial charge in [-0.25, -0.2) is 4.98 Å². The van der Waals surface area contributed by atoms with Gasteiger partial charge in [0, 0.05) is 17.7 Å². The van der Waals surface area contributed by atoms with Gasteiger partial charge in [-0.05, 0) is 34.5 Å². The molecule has 0 fully saturated rings. The van der Waals surface area contributed by atoms with Crippen LogP contribution in [0, 0.1) is 6.92 Å². The van der Waals surface area contributed by atoms with Crippen molar-refractivity contribution in [1.29, 1.82) is 0 Å². The summed E-state index contributed by atoms with van der Waals surface area (Å²) in [6, 6.07) is 1.92. The zero-order valence-corrected chi connectivity index (χ0v) is 11.7. The van der Waals surface area contributed by atoms with Crippen molar-refractivity contribution < 1.29 is 4.79 Å². The Morgan fingerprint density at radius 1 is 1.47 bits per heavy atom. The van der Waals surface area contributed by atoms with Crippen LogP contribution in [0.25, 0.3) is 10.7 Å². The number of halogens is 1. The van der Waals surface area contributed by atoms with Crippen LogP contribution < -0.4 is 5.32 Å². The number of rotatable bonds is 2. The zero-order valence-electron chi connectivity index (χ0n) is 9.32. The molecule has 0 saturated heterocycles. The second-order valence-corrected chi connectivity index (χ2v) is 5.22. The molecule has 0 atom stereocenters. The van der Waals surface area contributed by atoms with Crippen molar-refractivity contribution in [2.24, 2.45) is 0 Å². The number of pyridine rings is 1. The maximum atomic E-state index is 11.4. The smallest absolute Gasteiger partial charge is 0.262 e. The first-order chi connectivity index (χ1) is 8.13. The lowest BCUT2D eigenvalue weighted by atomic mass is 10.2. The van der Waals surface area contributed by atoms with Crippen molar-refractivity contribution in [3.8, 4) is 10.7 Å². The predicted octanol–water partition coefficient (Wildman–Crippen LogP) is 2.64. The number of amides is 1. The molecule has 0 spiro atoms. The minimum absolute atomic E-state index is 0.127. The van der Waals surface area contributed by atoms with E-state index in [-0.39, 0.29) is 5.91 Å². The van der Waals surface area contributed by atoms with E-state index in [1.165, 1.54) is 11.3 Å². The Labute approximate surface area is 111 Å². The molecular formula is C11H10BrN3OS. The summed E-state index contributed by atoms with van der Waals surface area (Å²) in [5, 5.41) is 3.31. The van der Waals surface area contributed by atoms with Gasteiger partial charge in [-0.15, -0.1) is 11.3 Å². The Morgan fingerprint density at radius 2 is 2.24 bits per heavy atom. The molecule has 0 radical (unpaired) electrons. The molecule has 88 valence electrons. The molecule has 2 aromatic heterocycles. The minimum atomic E-state index is -0.127. The average Bonchev–Trinajstić information content (AvgIpc) is 2.81. The summed E-state index contributed by atoms with van der Waals surface area (Å²) < 4.78 is 0.915. The molecule has 2 heterocycles. The van der Waals surface area contributed by atoms with E-state index in [1.54, 1.807) is 19.4 Å². The molecule has 2 rings (SSSR count). The Hall–Kier alpha value is -1.27. The van der Waals surface area contributed by atoms with Gasteiger partial charge < -0.3 is 5.32 Å². The summed E-state index contributed by atoms with van der Waals surface area (Å²) in [6.45, 7) is 1.99. The van der Waals surface area contributed by atoms with E-state index in [0.717, 1.165) is 20.7 Å². The molecular weight excluding hydrogens is 302 g/mol. The SMILES string of the molecule is CNC(=O)c1cnc(-c2nccc(C)c2Br)s1. The Kier molecular flexibility index (Phi) is 3.54. The highest BCUT2D eigenvalue weighted by molar-refractivity contribution is 9.10. The molecule has 1 amide bonds. The number of carbonyl (C=O) groups excluding carboxylic acids is 1. The molecule has 0 unspecified atom stereocenters. The fourth-order valence-electron chi connectivity index (χ4n) is 1.30. The van der Waals surface area contributed by atoms with Crippen LogP contribution in [-0.4, -0.2) is 22.9 Å². The largest absolute Gasteiger partial charge is 0.354 e. The quantitative estimate of drug-likeness (QED) is 0.927. The monoisotopic (exact) mass is 311 g/mol. The van der Waals surface area contributed by atoms with Gasteiger partial charge >= 0.3 is 0 Å². The number of aryl methyl sites for hydroxylation is 1. The molecule has 0 aliphatic heterocycles. The van der Waals surface area contributed by atoms with Crippen molar-refractivity contribution in [3.05, 3.63) is 33.4 Å². The Morgan fingerprint density at radius 3 is 2.94 bits per heavy atom. The first-order valence-corrected chi connectivity index (χ1v) is 6.54. The number of carbonyl (C=O) groups is 1. The fourth-order valence-corrected chi connectivity index (χ4v) is 2.72. The number of hydrogen-bond donors (Lipinski definition) is 1. The lowest BCUT2D eigenvalue weighted by molar-refractivity contribution is 0.0967. The minimum Gasteiger partial charge on any atom is -0.354 e. The summed E-state index contributed by atoms with van der Waals surface area (Å²) in [4.78, 5) is 20.5. The second kappa shape index (κ2) is 4.93. The van der Waals surface area contributed by atoms with Crippen LogP contribution in [-0.2, 0) is 0 Å². The Balaban J connectivity index is 2.44. The third-order valence-corrected chi connectivity index (χ3v) is 4.25. The highest BCUT2D eigenvalue weighted by Gasteiger charge is 2.14. The van der Waals surface area contributed by atoms with Gasteiger partial charge in [0.25, 0.3) is 5.91 Å². The molecule has 4 nitrogen and oxygen atoms in total. The first-order valence-electron chi connectivity index (χ1n) is 4.93. The number of hydrogen-bond acceptors (Lipinski definition) is 4. The molecule has 0 saturated carbocycles. The lowest BCUT2D eigenvalue weighted by Crippen LogP contribution is -2.16. The molecule has 2 aromatic rings. The average molecular weight is 312 g/mol. The van der Waals surface area contributed by atoms with Crippen molar-refractivity contribution in [2.75, 3.05) is 7.05 Å². The van der Waals surface area contributed by atoms with Gasteiger partial charge in [-0.3, -0.25) is 9.78 Å². The summed E-state index contributed by atoms with van der Waals surface area (Å²) in [5.41, 5.74) is 1.86. The lowest BCUT2D eigenvalue weighted by Gasteiger charge is -2.01. The van der Waals surface area contributed by atoms with Gasteiger partial charge in [0.1, 0.15) is 15.6 Å². The summed E-state index contributed by atoms with van der Waals surface area (Å²) in [5.74, 6) is -0.127. The highest BCUT2D eigenvalue weighted by Crippen LogP contribution is 2.31. The van der Waals surface area contributed by atoms with Crippen molar-refractivity contribution in [2.45, 2.75) is 6.92 Å². The predicted molar refractivity (Wildman–Crippen MR) is 71.2 cm³/mol. The first kappa shape index (κ1) is 12.2. The molecule has 6 heteroatoms. The third kappa shape index (κ3) is 2.37. The third-order valence-electron chi connectivity index (χ3n) is 2.24. The molecule has 17 heavy (non-hydrogen) atoms. The van der Waals surface area contributed by atoms with E-state index >= 15 is 0 Å². The van der Waals surface area contributed by atoms with E-state index in [4.69, 9.17) is 0 Å². The number of thiazole rings is 1. The van der Waals surface area contributed by atoms with Gasteiger partial charge in [-0.2, -0.15) is 0 Å². The van der Waals surface area contributed by atoms with Crippen LogP contribution >= 0.6 is 27.3 Å². The van der Waals surface area contributed by atoms with E-state index < -0.39 is 0 Å². The van der Waals surface area contributed by atoms with Crippen LogP contribution in [0.5, 0.6) is 0 Å². The van der Waals surface area contributed by atoms with Crippen LogP contribution in [0.2, 0.25) is 0 Å². The van der Waals surface area contributed by atoms with Crippen LogP contribution in [0.3, 0.4) is 0 Å². The normalized spacial score (nSPS) is 10.3. The van der Waals surface area contributed by atoms with E-state index in [2.05, 4.69) is 31.2 Å². The highest BCUT2D eigenvalue weighted by atomic mass is 79.9.